The summed E-state index contributed by atoms with van der Waals surface area (Å²) >= 11 is 0. The number of halogens is 3. The van der Waals surface area contributed by atoms with Gasteiger partial charge in [0.05, 0.1) is 6.20 Å². The van der Waals surface area contributed by atoms with Gasteiger partial charge < -0.3 is 9.87 Å². The molecule has 1 aromatic heterocycles. The Labute approximate surface area is 172 Å². The maximum atomic E-state index is 14.2. The molecular weight excluding hydrogens is 415 g/mol. The van der Waals surface area contributed by atoms with E-state index < -0.39 is 27.6 Å². The number of nitriles is 1. The van der Waals surface area contributed by atoms with E-state index in [9.17, 15) is 17.7 Å². The minimum Gasteiger partial charge on any atom is -0.343 e. The molecule has 0 aliphatic carbocycles. The summed E-state index contributed by atoms with van der Waals surface area (Å²) < 4.78 is 55.2. The molecule has 0 saturated heterocycles. The molecule has 0 bridgehead atoms. The summed E-state index contributed by atoms with van der Waals surface area (Å²) in [6.45, 7) is 1.84. The maximum Gasteiger partial charge on any atom is 0.227 e. The van der Waals surface area contributed by atoms with Crippen LogP contribution in [0.4, 0.5) is 24.8 Å². The monoisotopic (exact) mass is 433 g/mol. The second-order valence-electron chi connectivity index (χ2n) is 6.79. The van der Waals surface area contributed by atoms with Crippen LogP contribution in [0.15, 0.2) is 47.0 Å². The number of benzene rings is 2. The fraction of sp³-hybridized carbons (Fsp3) is 0.150. The molecule has 2 aromatic carbocycles. The van der Waals surface area contributed by atoms with Gasteiger partial charge in [-0.1, -0.05) is 16.2 Å². The third kappa shape index (κ3) is 5.20. The van der Waals surface area contributed by atoms with E-state index in [4.69, 9.17) is 5.26 Å². The van der Waals surface area contributed by atoms with Gasteiger partial charge in [-0.15, -0.1) is 4.36 Å². The molecule has 0 unspecified atom stereocenters. The van der Waals surface area contributed by atoms with Gasteiger partial charge in [0, 0.05) is 23.1 Å². The van der Waals surface area contributed by atoms with Crippen LogP contribution in [0.5, 0.6) is 0 Å². The Hall–Kier alpha value is -3.29. The second kappa shape index (κ2) is 8.61. The average Bonchev–Trinajstić information content (AvgIpc) is 2.62. The van der Waals surface area contributed by atoms with Crippen molar-refractivity contribution < 1.29 is 17.7 Å². The highest BCUT2D eigenvalue weighted by Gasteiger charge is 2.15. The minimum atomic E-state index is -2.77. The first kappa shape index (κ1) is 21.4. The summed E-state index contributed by atoms with van der Waals surface area (Å²) in [7, 11) is -2.77. The summed E-state index contributed by atoms with van der Waals surface area (Å²) in [5.41, 5.74) is 1.66. The van der Waals surface area contributed by atoms with Crippen molar-refractivity contribution in [1.29, 1.82) is 5.26 Å². The number of rotatable bonds is 5. The molecule has 0 fully saturated rings. The van der Waals surface area contributed by atoms with Crippen molar-refractivity contribution in [2.75, 3.05) is 11.6 Å². The number of hydrogen-bond donors (Lipinski definition) is 3. The van der Waals surface area contributed by atoms with Crippen molar-refractivity contribution in [3.8, 4) is 17.5 Å². The SMILES string of the molecule is Cc1cc(C[SH](C)(O)=NC#N)cc(Nc2ncc(F)c(-c3ccc(F)cc3F)n2)c1. The molecule has 0 radical (unpaired) electrons. The summed E-state index contributed by atoms with van der Waals surface area (Å²) in [4.78, 5) is 7.90. The van der Waals surface area contributed by atoms with E-state index in [-0.39, 0.29) is 23.0 Å². The van der Waals surface area contributed by atoms with Crippen molar-refractivity contribution in [2.24, 2.45) is 4.36 Å². The van der Waals surface area contributed by atoms with Gasteiger partial charge in [-0.3, -0.25) is 0 Å². The zero-order valence-electron chi connectivity index (χ0n) is 16.1. The fourth-order valence-electron chi connectivity index (χ4n) is 2.93. The molecule has 156 valence electrons. The van der Waals surface area contributed by atoms with Gasteiger partial charge in [0.15, 0.2) is 5.82 Å². The van der Waals surface area contributed by atoms with Crippen LogP contribution in [-0.4, -0.2) is 20.8 Å². The van der Waals surface area contributed by atoms with Crippen LogP contribution in [-0.2, 0) is 15.9 Å². The van der Waals surface area contributed by atoms with Crippen molar-refractivity contribution in [1.82, 2.24) is 9.97 Å². The van der Waals surface area contributed by atoms with Crippen molar-refractivity contribution in [2.45, 2.75) is 12.7 Å². The van der Waals surface area contributed by atoms with Crippen LogP contribution >= 0.6 is 0 Å². The van der Waals surface area contributed by atoms with Crippen LogP contribution in [0.25, 0.3) is 11.3 Å². The Morgan fingerprint density at radius 1 is 1.17 bits per heavy atom. The van der Waals surface area contributed by atoms with E-state index in [1.165, 1.54) is 6.26 Å². The van der Waals surface area contributed by atoms with E-state index in [1.54, 1.807) is 18.3 Å². The first-order valence-electron chi connectivity index (χ1n) is 8.72. The smallest absolute Gasteiger partial charge is 0.227 e. The van der Waals surface area contributed by atoms with E-state index in [0.29, 0.717) is 11.8 Å². The highest BCUT2D eigenvalue weighted by Crippen LogP contribution is 2.26. The molecule has 0 aliphatic rings. The van der Waals surface area contributed by atoms with Crippen molar-refractivity contribution in [3.05, 3.63) is 71.2 Å². The van der Waals surface area contributed by atoms with Gasteiger partial charge >= 0.3 is 0 Å². The molecule has 6 nitrogen and oxygen atoms in total. The predicted molar refractivity (Wildman–Crippen MR) is 111 cm³/mol. The third-order valence-electron chi connectivity index (χ3n) is 4.07. The quantitative estimate of drug-likeness (QED) is 0.398. The molecule has 30 heavy (non-hydrogen) atoms. The summed E-state index contributed by atoms with van der Waals surface area (Å²) in [6.07, 6.45) is 4.05. The van der Waals surface area contributed by atoms with Gasteiger partial charge in [-0.25, -0.2) is 23.1 Å². The topological polar surface area (TPSA) is 94.2 Å². The predicted octanol–water partition coefficient (Wildman–Crippen LogP) is 4.77. The van der Waals surface area contributed by atoms with Gasteiger partial charge in [-0.2, -0.15) is 5.26 Å². The molecule has 0 atom stereocenters. The largest absolute Gasteiger partial charge is 0.343 e. The third-order valence-corrected chi connectivity index (χ3v) is 5.55. The molecule has 2 N–H and O–H groups in total. The number of hydrogen-bond acceptors (Lipinski definition) is 5. The zero-order chi connectivity index (χ0) is 21.9. The zero-order valence-corrected chi connectivity index (χ0v) is 17.0. The average molecular weight is 433 g/mol. The molecule has 3 aromatic rings. The van der Waals surface area contributed by atoms with E-state index in [2.05, 4.69) is 19.6 Å². The molecule has 3 rings (SSSR count). The second-order valence-corrected chi connectivity index (χ2v) is 9.49. The maximum absolute atomic E-state index is 14.2. The number of anilines is 2. The summed E-state index contributed by atoms with van der Waals surface area (Å²) in [5, 5.41) is 11.6. The lowest BCUT2D eigenvalue weighted by Crippen LogP contribution is -2.10. The summed E-state index contributed by atoms with van der Waals surface area (Å²) in [6, 6.07) is 8.12. The van der Waals surface area contributed by atoms with Gasteiger partial charge in [0.25, 0.3) is 0 Å². The number of aryl methyl sites for hydroxylation is 1. The Kier molecular flexibility index (Phi) is 6.14. The normalized spacial score (nSPS) is 11.6. The number of aromatic nitrogens is 2. The number of thiol groups is 1. The lowest BCUT2D eigenvalue weighted by molar-refractivity contribution is 0.580. The molecular formula is C20H18F3N5OS. The van der Waals surface area contributed by atoms with Gasteiger partial charge in [-0.05, 0) is 48.6 Å². The lowest BCUT2D eigenvalue weighted by Gasteiger charge is -2.17. The van der Waals surface area contributed by atoms with Crippen LogP contribution in [0.2, 0.25) is 0 Å². The molecule has 0 saturated carbocycles. The minimum absolute atomic E-state index is 0.00921. The number of nitrogens with zero attached hydrogens (tertiary/aromatic N) is 4. The van der Waals surface area contributed by atoms with E-state index >= 15 is 0 Å². The Bertz CT molecular complexity index is 1200. The van der Waals surface area contributed by atoms with Crippen LogP contribution in [0.3, 0.4) is 0 Å². The van der Waals surface area contributed by atoms with Crippen molar-refractivity contribution in [3.63, 3.8) is 0 Å². The first-order chi connectivity index (χ1) is 14.2. The van der Waals surface area contributed by atoms with Gasteiger partial charge in [0.2, 0.25) is 12.1 Å². The van der Waals surface area contributed by atoms with E-state index in [0.717, 1.165) is 29.5 Å². The Morgan fingerprint density at radius 2 is 1.93 bits per heavy atom. The van der Waals surface area contributed by atoms with Crippen LogP contribution in [0.1, 0.15) is 11.1 Å². The fourth-order valence-corrected chi connectivity index (χ4v) is 4.07. The van der Waals surface area contributed by atoms with Crippen molar-refractivity contribution >= 4 is 21.7 Å². The molecule has 1 heterocycles. The van der Waals surface area contributed by atoms with E-state index in [1.807, 2.05) is 13.0 Å². The highest BCUT2D eigenvalue weighted by atomic mass is 32.3. The molecule has 0 spiro atoms. The lowest BCUT2D eigenvalue weighted by atomic mass is 10.1. The summed E-state index contributed by atoms with van der Waals surface area (Å²) in [5.74, 6) is -2.36. The van der Waals surface area contributed by atoms with Crippen LogP contribution < -0.4 is 5.32 Å². The first-order valence-corrected chi connectivity index (χ1v) is 11.0. The molecule has 0 amide bonds. The standard InChI is InChI=1S/C20H18F3N5OS/c1-12-5-13(10-30(2,29)26-11-24)7-15(6-12)27-20-25-9-18(23)19(28-20)16-4-3-14(21)8-17(16)22/h3-9,30H,10H2,1-2H3,(H,26,29)(H,25,27,28). The van der Waals surface area contributed by atoms with Gasteiger partial charge in [0.1, 0.15) is 17.3 Å². The Balaban J connectivity index is 1.94. The highest BCUT2D eigenvalue weighted by molar-refractivity contribution is 7.98. The van der Waals surface area contributed by atoms with Crippen LogP contribution in [0, 0.1) is 35.8 Å². The molecule has 0 aliphatic heterocycles. The number of nitrogens with one attached hydrogen (secondary N) is 1. The molecule has 10 heteroatoms. The Morgan fingerprint density at radius 3 is 2.63 bits per heavy atom.